The lowest BCUT2D eigenvalue weighted by Crippen LogP contribution is -2.29. The topological polar surface area (TPSA) is 58.2 Å². The molecule has 1 aromatic heterocycles. The number of hydrogen-bond donors (Lipinski definition) is 2. The van der Waals surface area contributed by atoms with Gasteiger partial charge in [-0.3, -0.25) is 0 Å². The van der Waals surface area contributed by atoms with Crippen LogP contribution in [0.5, 0.6) is 0 Å². The van der Waals surface area contributed by atoms with Gasteiger partial charge in [0.15, 0.2) is 0 Å². The number of rotatable bonds is 6. The van der Waals surface area contributed by atoms with E-state index in [0.29, 0.717) is 16.8 Å². The Morgan fingerprint density at radius 2 is 1.88 bits per heavy atom. The Bertz CT molecular complexity index is 450. The molecule has 0 spiro atoms. The fourth-order valence-corrected chi connectivity index (χ4v) is 3.75. The van der Waals surface area contributed by atoms with E-state index in [2.05, 4.69) is 23.9 Å². The Hall–Kier alpha value is -0.430. The lowest BCUT2D eigenvalue weighted by Gasteiger charge is -2.07. The molecular weight excluding hydrogens is 256 g/mol. The Labute approximate surface area is 107 Å². The summed E-state index contributed by atoms with van der Waals surface area (Å²) in [4.78, 5) is 0. The van der Waals surface area contributed by atoms with Crippen molar-refractivity contribution < 1.29 is 8.42 Å². The fraction of sp³-hybridized carbons (Fsp3) is 0.636. The first kappa shape index (κ1) is 14.6. The smallest absolute Gasteiger partial charge is 0.250 e. The highest BCUT2D eigenvalue weighted by Crippen LogP contribution is 2.20. The molecule has 6 heteroatoms. The van der Waals surface area contributed by atoms with E-state index in [4.69, 9.17) is 0 Å². The minimum absolute atomic E-state index is 0.0839. The molecule has 0 aliphatic rings. The maximum atomic E-state index is 11.9. The highest BCUT2D eigenvalue weighted by Gasteiger charge is 2.17. The summed E-state index contributed by atoms with van der Waals surface area (Å²) >= 11 is 1.26. The van der Waals surface area contributed by atoms with E-state index in [-0.39, 0.29) is 6.04 Å². The summed E-state index contributed by atoms with van der Waals surface area (Å²) in [5, 5.41) is 5.14. The van der Waals surface area contributed by atoms with Gasteiger partial charge in [0, 0.05) is 18.6 Å². The van der Waals surface area contributed by atoms with Crippen molar-refractivity contribution >= 4 is 21.4 Å². The third kappa shape index (κ3) is 4.75. The van der Waals surface area contributed by atoms with E-state index in [9.17, 15) is 8.42 Å². The number of thiophene rings is 1. The van der Waals surface area contributed by atoms with Gasteiger partial charge in [0.2, 0.25) is 10.0 Å². The summed E-state index contributed by atoms with van der Waals surface area (Å²) in [7, 11) is -3.34. The summed E-state index contributed by atoms with van der Waals surface area (Å²) < 4.78 is 26.7. The molecule has 2 N–H and O–H groups in total. The van der Waals surface area contributed by atoms with E-state index in [1.54, 1.807) is 6.07 Å². The molecule has 0 radical (unpaired) electrons. The monoisotopic (exact) mass is 276 g/mol. The van der Waals surface area contributed by atoms with Crippen LogP contribution in [0.1, 0.15) is 33.3 Å². The third-order valence-corrected chi connectivity index (χ3v) is 5.15. The van der Waals surface area contributed by atoms with Crippen molar-refractivity contribution in [3.63, 3.8) is 0 Å². The summed E-state index contributed by atoms with van der Waals surface area (Å²) in [6.45, 7) is 8.44. The zero-order chi connectivity index (χ0) is 13.1. The van der Waals surface area contributed by atoms with Gasteiger partial charge in [-0.1, -0.05) is 13.8 Å². The Balaban J connectivity index is 2.74. The van der Waals surface area contributed by atoms with Crippen LogP contribution >= 0.6 is 11.3 Å². The van der Waals surface area contributed by atoms with Crippen LogP contribution in [0, 0.1) is 0 Å². The van der Waals surface area contributed by atoms with Gasteiger partial charge in [0.25, 0.3) is 0 Å². The molecule has 0 unspecified atom stereocenters. The van der Waals surface area contributed by atoms with Gasteiger partial charge in [-0.15, -0.1) is 11.3 Å². The molecule has 98 valence electrons. The summed E-state index contributed by atoms with van der Waals surface area (Å²) in [5.74, 6) is 0. The number of sulfonamides is 1. The van der Waals surface area contributed by atoms with Crippen molar-refractivity contribution in [3.8, 4) is 0 Å². The number of nitrogens with one attached hydrogen (secondary N) is 2. The fourth-order valence-electron chi connectivity index (χ4n) is 1.28. The van der Waals surface area contributed by atoms with Gasteiger partial charge in [-0.25, -0.2) is 13.1 Å². The molecule has 0 aliphatic heterocycles. The van der Waals surface area contributed by atoms with Gasteiger partial charge in [0.05, 0.1) is 0 Å². The molecule has 0 saturated carbocycles. The van der Waals surface area contributed by atoms with Crippen molar-refractivity contribution in [1.82, 2.24) is 10.0 Å². The van der Waals surface area contributed by atoms with Crippen LogP contribution in [0.3, 0.4) is 0 Å². The maximum Gasteiger partial charge on any atom is 0.250 e. The Kier molecular flexibility index (Phi) is 5.12. The first-order valence-corrected chi connectivity index (χ1v) is 8.00. The lowest BCUT2D eigenvalue weighted by molar-refractivity contribution is 0.571. The highest BCUT2D eigenvalue weighted by molar-refractivity contribution is 7.91. The zero-order valence-corrected chi connectivity index (χ0v) is 12.3. The van der Waals surface area contributed by atoms with Crippen LogP contribution < -0.4 is 10.0 Å². The first-order chi connectivity index (χ1) is 7.81. The van der Waals surface area contributed by atoms with Crippen molar-refractivity contribution in [2.75, 3.05) is 0 Å². The van der Waals surface area contributed by atoms with Crippen molar-refractivity contribution in [2.45, 2.75) is 50.5 Å². The first-order valence-electron chi connectivity index (χ1n) is 5.64. The van der Waals surface area contributed by atoms with Gasteiger partial charge >= 0.3 is 0 Å². The lowest BCUT2D eigenvalue weighted by atomic mass is 10.3. The second-order valence-electron chi connectivity index (χ2n) is 4.59. The Morgan fingerprint density at radius 1 is 1.24 bits per heavy atom. The van der Waals surface area contributed by atoms with Crippen LogP contribution in [0.25, 0.3) is 0 Å². The predicted molar refractivity (Wildman–Crippen MR) is 71.8 cm³/mol. The average Bonchev–Trinajstić information content (AvgIpc) is 2.61. The quantitative estimate of drug-likeness (QED) is 0.835. The highest BCUT2D eigenvalue weighted by atomic mass is 32.2. The molecule has 0 fully saturated rings. The average molecular weight is 276 g/mol. The second kappa shape index (κ2) is 5.95. The van der Waals surface area contributed by atoms with E-state index < -0.39 is 10.0 Å². The van der Waals surface area contributed by atoms with Crippen LogP contribution in [0.15, 0.2) is 15.7 Å². The van der Waals surface area contributed by atoms with E-state index in [1.807, 2.05) is 19.2 Å². The summed E-state index contributed by atoms with van der Waals surface area (Å²) in [6.07, 6.45) is 0. The van der Waals surface area contributed by atoms with Gasteiger partial charge < -0.3 is 5.32 Å². The van der Waals surface area contributed by atoms with Crippen molar-refractivity contribution in [2.24, 2.45) is 0 Å². The maximum absolute atomic E-state index is 11.9. The largest absolute Gasteiger partial charge is 0.310 e. The molecule has 1 rings (SSSR count). The second-order valence-corrected chi connectivity index (χ2v) is 7.44. The minimum atomic E-state index is -3.34. The standard InChI is InChI=1S/C11H20N2O2S2/c1-8(2)12-6-10-5-11(16-7-10)17(14,15)13-9(3)4/h5,7-9,12-13H,6H2,1-4H3. The third-order valence-electron chi connectivity index (χ3n) is 2.00. The molecule has 17 heavy (non-hydrogen) atoms. The molecule has 0 amide bonds. The summed E-state index contributed by atoms with van der Waals surface area (Å²) in [6, 6.07) is 2.04. The molecule has 0 saturated heterocycles. The molecule has 1 heterocycles. The van der Waals surface area contributed by atoms with E-state index in [1.165, 1.54) is 11.3 Å². The zero-order valence-electron chi connectivity index (χ0n) is 10.6. The van der Waals surface area contributed by atoms with Crippen molar-refractivity contribution in [1.29, 1.82) is 0 Å². The minimum Gasteiger partial charge on any atom is -0.310 e. The molecule has 0 aromatic carbocycles. The van der Waals surface area contributed by atoms with E-state index in [0.717, 1.165) is 5.56 Å². The normalized spacial score (nSPS) is 12.6. The molecule has 4 nitrogen and oxygen atoms in total. The molecule has 0 aliphatic carbocycles. The molecule has 0 atom stereocenters. The SMILES string of the molecule is CC(C)NCc1csc(S(=O)(=O)NC(C)C)c1. The van der Waals surface area contributed by atoms with Gasteiger partial charge in [0.1, 0.15) is 4.21 Å². The number of hydrogen-bond acceptors (Lipinski definition) is 4. The molecule has 1 aromatic rings. The van der Waals surface area contributed by atoms with Crippen LogP contribution in [-0.2, 0) is 16.6 Å². The van der Waals surface area contributed by atoms with Crippen LogP contribution in [0.4, 0.5) is 0 Å². The molecule has 0 bridgehead atoms. The summed E-state index contributed by atoms with van der Waals surface area (Å²) in [5.41, 5.74) is 1.01. The molecular formula is C11H20N2O2S2. The van der Waals surface area contributed by atoms with Gasteiger partial charge in [-0.2, -0.15) is 0 Å². The van der Waals surface area contributed by atoms with Crippen molar-refractivity contribution in [3.05, 3.63) is 17.0 Å². The van der Waals surface area contributed by atoms with Crippen LogP contribution in [-0.4, -0.2) is 20.5 Å². The van der Waals surface area contributed by atoms with Gasteiger partial charge in [-0.05, 0) is 30.9 Å². The predicted octanol–water partition coefficient (Wildman–Crippen LogP) is 1.93. The van der Waals surface area contributed by atoms with Crippen LogP contribution in [0.2, 0.25) is 0 Å². The van der Waals surface area contributed by atoms with E-state index >= 15 is 0 Å². The Morgan fingerprint density at radius 3 is 2.41 bits per heavy atom.